The Labute approximate surface area is 251 Å². The number of pyridine rings is 1. The third-order valence-corrected chi connectivity index (χ3v) is 9.23. The standard InChI is InChI=1S/C34H25ClN2O6/c1-17-25(35)13-12-22-24(34(42)43-16-28(39)23-4-2-3-5-27(23)38)15-26(36-31(17)22)18-8-10-21(11-9-18)37-32(40)29-19-6-7-20(14-19)30(29)33(37)41/h2-13,15,19-20,29-30,38H,14,16H2,1H3. The van der Waals surface area contributed by atoms with Crippen molar-refractivity contribution in [3.8, 4) is 17.0 Å². The lowest BCUT2D eigenvalue weighted by molar-refractivity contribution is -0.123. The predicted molar refractivity (Wildman–Crippen MR) is 160 cm³/mol. The van der Waals surface area contributed by atoms with Crippen LogP contribution in [0, 0.1) is 30.6 Å². The van der Waals surface area contributed by atoms with Gasteiger partial charge in [0.15, 0.2) is 6.61 Å². The number of anilines is 1. The first-order valence-electron chi connectivity index (χ1n) is 14.0. The van der Waals surface area contributed by atoms with Crippen molar-refractivity contribution in [3.63, 3.8) is 0 Å². The topological polar surface area (TPSA) is 114 Å². The van der Waals surface area contributed by atoms with Gasteiger partial charge in [0.25, 0.3) is 0 Å². The molecule has 1 N–H and O–H groups in total. The second-order valence-electron chi connectivity index (χ2n) is 11.2. The number of fused-ring (bicyclic) bond motifs is 6. The maximum atomic E-state index is 13.3. The van der Waals surface area contributed by atoms with E-state index in [1.54, 1.807) is 61.5 Å². The van der Waals surface area contributed by atoms with E-state index in [0.29, 0.717) is 38.4 Å². The van der Waals surface area contributed by atoms with E-state index in [1.165, 1.54) is 17.0 Å². The second-order valence-corrected chi connectivity index (χ2v) is 11.6. The number of aromatic hydroxyl groups is 1. The molecule has 8 nitrogen and oxygen atoms in total. The summed E-state index contributed by atoms with van der Waals surface area (Å²) in [6.07, 6.45) is 4.99. The molecule has 9 heteroatoms. The largest absolute Gasteiger partial charge is 0.507 e. The Morgan fingerprint density at radius 3 is 2.30 bits per heavy atom. The third-order valence-electron chi connectivity index (χ3n) is 8.82. The van der Waals surface area contributed by atoms with Gasteiger partial charge in [0.05, 0.1) is 39.9 Å². The molecule has 43 heavy (non-hydrogen) atoms. The molecule has 4 unspecified atom stereocenters. The first-order chi connectivity index (χ1) is 20.7. The molecule has 2 aliphatic carbocycles. The van der Waals surface area contributed by atoms with Gasteiger partial charge >= 0.3 is 5.97 Å². The third kappa shape index (κ3) is 4.32. The number of rotatable bonds is 6. The minimum absolute atomic E-state index is 0.0563. The molecule has 214 valence electrons. The van der Waals surface area contributed by atoms with Crippen LogP contribution in [0.3, 0.4) is 0 Å². The van der Waals surface area contributed by atoms with Crippen molar-refractivity contribution in [2.24, 2.45) is 23.7 Å². The number of hydrogen-bond acceptors (Lipinski definition) is 7. The normalized spacial score (nSPS) is 22.0. The summed E-state index contributed by atoms with van der Waals surface area (Å²) >= 11 is 6.39. The van der Waals surface area contributed by atoms with Crippen molar-refractivity contribution < 1.29 is 29.0 Å². The average molecular weight is 593 g/mol. The molecular formula is C34H25ClN2O6. The Hall–Kier alpha value is -4.82. The van der Waals surface area contributed by atoms with E-state index in [2.05, 4.69) is 12.2 Å². The molecule has 1 aliphatic heterocycles. The van der Waals surface area contributed by atoms with Crippen molar-refractivity contribution >= 4 is 51.8 Å². The molecule has 1 saturated carbocycles. The van der Waals surface area contributed by atoms with Crippen LogP contribution in [0.15, 0.2) is 78.9 Å². The summed E-state index contributed by atoms with van der Waals surface area (Å²) in [5.41, 5.74) is 2.99. The molecule has 3 aliphatic rings. The van der Waals surface area contributed by atoms with Gasteiger partial charge in [0.2, 0.25) is 17.6 Å². The van der Waals surface area contributed by atoms with Gasteiger partial charge < -0.3 is 9.84 Å². The van der Waals surface area contributed by atoms with Gasteiger partial charge in [0, 0.05) is 16.0 Å². The second kappa shape index (κ2) is 10.2. The molecule has 1 saturated heterocycles. The number of phenols is 1. The summed E-state index contributed by atoms with van der Waals surface area (Å²) in [7, 11) is 0. The van der Waals surface area contributed by atoms with Crippen molar-refractivity contribution in [2.75, 3.05) is 11.5 Å². The number of allylic oxidation sites excluding steroid dienone is 2. The number of imide groups is 1. The van der Waals surface area contributed by atoms with Crippen LogP contribution in [-0.4, -0.2) is 40.3 Å². The summed E-state index contributed by atoms with van der Waals surface area (Å²) in [6, 6.07) is 17.9. The van der Waals surface area contributed by atoms with Crippen LogP contribution in [0.1, 0.15) is 32.7 Å². The van der Waals surface area contributed by atoms with E-state index >= 15 is 0 Å². The maximum absolute atomic E-state index is 13.3. The summed E-state index contributed by atoms with van der Waals surface area (Å²) < 4.78 is 5.39. The number of Topliss-reactive ketones (excluding diaryl/α,β-unsaturated/α-hetero) is 1. The van der Waals surface area contributed by atoms with E-state index in [1.807, 2.05) is 0 Å². The molecule has 2 heterocycles. The molecule has 0 radical (unpaired) electrons. The van der Waals surface area contributed by atoms with Crippen LogP contribution in [0.25, 0.3) is 22.2 Å². The number of amides is 2. The Morgan fingerprint density at radius 1 is 0.953 bits per heavy atom. The van der Waals surface area contributed by atoms with E-state index in [0.717, 1.165) is 6.42 Å². The minimum atomic E-state index is -0.737. The number of ketones is 1. The number of aromatic nitrogens is 1. The van der Waals surface area contributed by atoms with Crippen LogP contribution >= 0.6 is 11.6 Å². The Balaban J connectivity index is 1.19. The molecule has 1 aromatic heterocycles. The fourth-order valence-corrected chi connectivity index (χ4v) is 6.81. The fraction of sp³-hybridized carbons (Fsp3) is 0.206. The molecule has 2 amide bonds. The molecular weight excluding hydrogens is 568 g/mol. The zero-order chi connectivity index (χ0) is 30.0. The number of aryl methyl sites for hydroxylation is 1. The first kappa shape index (κ1) is 27.0. The van der Waals surface area contributed by atoms with E-state index < -0.39 is 18.4 Å². The number of nitrogens with zero attached hydrogens (tertiary/aromatic N) is 2. The van der Waals surface area contributed by atoms with Gasteiger partial charge in [0.1, 0.15) is 5.75 Å². The van der Waals surface area contributed by atoms with E-state index in [4.69, 9.17) is 21.3 Å². The number of carbonyl (C=O) groups excluding carboxylic acids is 4. The van der Waals surface area contributed by atoms with E-state index in [9.17, 15) is 24.3 Å². The van der Waals surface area contributed by atoms with Gasteiger partial charge in [-0.1, -0.05) is 54.1 Å². The number of esters is 1. The Kier molecular flexibility index (Phi) is 6.39. The van der Waals surface area contributed by atoms with Gasteiger partial charge in [-0.15, -0.1) is 0 Å². The first-order valence-corrected chi connectivity index (χ1v) is 14.4. The number of para-hydroxylation sites is 1. The summed E-state index contributed by atoms with van der Waals surface area (Å²) in [5.74, 6) is -2.11. The smallest absolute Gasteiger partial charge is 0.339 e. The van der Waals surface area contributed by atoms with Crippen molar-refractivity contribution in [2.45, 2.75) is 13.3 Å². The number of hydrogen-bond donors (Lipinski definition) is 1. The van der Waals surface area contributed by atoms with Gasteiger partial charge in [-0.05, 0) is 67.1 Å². The summed E-state index contributed by atoms with van der Waals surface area (Å²) in [4.78, 5) is 58.5. The molecule has 0 spiro atoms. The van der Waals surface area contributed by atoms with E-state index in [-0.39, 0.29) is 52.4 Å². The fourth-order valence-electron chi connectivity index (χ4n) is 6.66. The van der Waals surface area contributed by atoms with Crippen LogP contribution in [-0.2, 0) is 14.3 Å². The number of ether oxygens (including phenoxy) is 1. The average Bonchev–Trinajstić information content (AvgIpc) is 3.71. The zero-order valence-electron chi connectivity index (χ0n) is 23.0. The highest BCUT2D eigenvalue weighted by molar-refractivity contribution is 6.32. The maximum Gasteiger partial charge on any atom is 0.339 e. The van der Waals surface area contributed by atoms with Crippen LogP contribution in [0.4, 0.5) is 5.69 Å². The molecule has 7 rings (SSSR count). The lowest BCUT2D eigenvalue weighted by Crippen LogP contribution is -2.32. The lowest BCUT2D eigenvalue weighted by Gasteiger charge is -2.18. The molecule has 2 bridgehead atoms. The number of phenolic OH excluding ortho intramolecular Hbond substituents is 1. The number of halogens is 1. The van der Waals surface area contributed by atoms with Crippen LogP contribution in [0.5, 0.6) is 5.75 Å². The van der Waals surface area contributed by atoms with Crippen LogP contribution < -0.4 is 4.90 Å². The van der Waals surface area contributed by atoms with Crippen molar-refractivity contribution in [1.29, 1.82) is 0 Å². The Bertz CT molecular complexity index is 1870. The van der Waals surface area contributed by atoms with Gasteiger partial charge in [-0.3, -0.25) is 19.3 Å². The monoisotopic (exact) mass is 592 g/mol. The summed E-state index contributed by atoms with van der Waals surface area (Å²) in [5, 5.41) is 11.0. The van der Waals surface area contributed by atoms with Gasteiger partial charge in [-0.2, -0.15) is 0 Å². The number of benzene rings is 3. The van der Waals surface area contributed by atoms with Gasteiger partial charge in [-0.25, -0.2) is 9.78 Å². The highest BCUT2D eigenvalue weighted by Gasteiger charge is 2.59. The quantitative estimate of drug-likeness (QED) is 0.128. The molecule has 4 atom stereocenters. The predicted octanol–water partition coefficient (Wildman–Crippen LogP) is 5.92. The minimum Gasteiger partial charge on any atom is -0.507 e. The molecule has 2 fully saturated rings. The summed E-state index contributed by atoms with van der Waals surface area (Å²) in [6.45, 7) is 1.23. The van der Waals surface area contributed by atoms with Crippen molar-refractivity contribution in [1.82, 2.24) is 4.98 Å². The van der Waals surface area contributed by atoms with Crippen LogP contribution in [0.2, 0.25) is 5.02 Å². The highest BCUT2D eigenvalue weighted by atomic mass is 35.5. The molecule has 3 aromatic carbocycles. The molecule has 4 aromatic rings. The Morgan fingerprint density at radius 2 is 1.63 bits per heavy atom. The van der Waals surface area contributed by atoms with Crippen molar-refractivity contribution in [3.05, 3.63) is 101 Å². The highest BCUT2D eigenvalue weighted by Crippen LogP contribution is 2.53. The zero-order valence-corrected chi connectivity index (χ0v) is 23.7. The SMILES string of the molecule is Cc1c(Cl)ccc2c(C(=O)OCC(=O)c3ccccc3O)cc(-c3ccc(N4C(=O)C5C6C=CC(C6)C5C4=O)cc3)nc12. The number of carbonyl (C=O) groups is 4. The lowest BCUT2D eigenvalue weighted by atomic mass is 9.85.